The molecule has 2 rings (SSSR count). The Bertz CT molecular complexity index is 596. The molecule has 1 atom stereocenters. The van der Waals surface area contributed by atoms with Gasteiger partial charge in [0.1, 0.15) is 5.75 Å². The van der Waals surface area contributed by atoms with E-state index < -0.39 is 21.3 Å². The van der Waals surface area contributed by atoms with Crippen LogP contribution in [0.3, 0.4) is 0 Å². The number of amides is 1. The van der Waals surface area contributed by atoms with Gasteiger partial charge in [0.05, 0.1) is 12.3 Å². The minimum absolute atomic E-state index is 0.0887. The number of carbonyl (C=O) groups is 1. The first kappa shape index (κ1) is 21.2. The molecule has 7 nitrogen and oxygen atoms in total. The Hall–Kier alpha value is -1.09. The van der Waals surface area contributed by atoms with E-state index >= 15 is 0 Å². The highest BCUT2D eigenvalue weighted by Gasteiger charge is 2.41. The lowest BCUT2D eigenvalue weighted by Gasteiger charge is -2.29. The molecule has 26 heavy (non-hydrogen) atoms. The highest BCUT2D eigenvalue weighted by Crippen LogP contribution is 2.27. The number of rotatable bonds is 8. The number of aliphatic hydroxyl groups excluding tert-OH is 1. The minimum Gasteiger partial charge on any atom is -0.616 e. The van der Waals surface area contributed by atoms with Gasteiger partial charge in [-0.1, -0.05) is 19.0 Å². The molecule has 0 aromatic carbocycles. The molecule has 1 aliphatic rings. The van der Waals surface area contributed by atoms with Crippen LogP contribution < -0.4 is 5.32 Å². The molecule has 1 aliphatic heterocycles. The van der Waals surface area contributed by atoms with Gasteiger partial charge in [-0.05, 0) is 50.2 Å². The van der Waals surface area contributed by atoms with Crippen molar-refractivity contribution in [2.75, 3.05) is 30.9 Å². The maximum atomic E-state index is 12.7. The molecule has 0 bridgehead atoms. The first-order valence-electron chi connectivity index (χ1n) is 9.02. The minimum atomic E-state index is -1.30. The van der Waals surface area contributed by atoms with Crippen molar-refractivity contribution in [3.63, 3.8) is 0 Å². The summed E-state index contributed by atoms with van der Waals surface area (Å²) in [4.78, 5) is 12.6. The molecular formula is C18H30N2O5S. The van der Waals surface area contributed by atoms with Crippen molar-refractivity contribution >= 4 is 23.0 Å². The molecule has 1 unspecified atom stereocenters. The average Bonchev–Trinajstić information content (AvgIpc) is 3.09. The Morgan fingerprint density at radius 1 is 1.38 bits per heavy atom. The van der Waals surface area contributed by atoms with Gasteiger partial charge in [-0.15, -0.1) is 0 Å². The van der Waals surface area contributed by atoms with Crippen molar-refractivity contribution in [3.05, 3.63) is 11.8 Å². The van der Waals surface area contributed by atoms with E-state index in [4.69, 9.17) is 9.26 Å². The number of nitrogens with zero attached hydrogens (tertiary/aromatic N) is 1. The molecule has 8 heteroatoms. The van der Waals surface area contributed by atoms with Crippen LogP contribution in [0.1, 0.15) is 52.7 Å². The molecule has 1 saturated heterocycles. The van der Waals surface area contributed by atoms with Gasteiger partial charge < -0.3 is 18.9 Å². The highest BCUT2D eigenvalue weighted by molar-refractivity contribution is 7.93. The molecule has 0 spiro atoms. The zero-order valence-corrected chi connectivity index (χ0v) is 16.9. The van der Waals surface area contributed by atoms with Crippen LogP contribution in [-0.2, 0) is 26.1 Å². The standard InChI is InChI=1S/C18H30N2O5S/c1-17(2,12-21)14-11-15(25-20-14)19-16(22)18(3,4)26(23)10-7-13-5-8-24-9-6-13/h11,13,21H,5-10,12H2,1-4H3,(H,19,22). The Labute approximate surface area is 158 Å². The van der Waals surface area contributed by atoms with Crippen LogP contribution in [0.4, 0.5) is 5.88 Å². The van der Waals surface area contributed by atoms with E-state index in [9.17, 15) is 14.5 Å². The van der Waals surface area contributed by atoms with Gasteiger partial charge in [-0.2, -0.15) is 0 Å². The van der Waals surface area contributed by atoms with Gasteiger partial charge in [0, 0.05) is 24.7 Å². The summed E-state index contributed by atoms with van der Waals surface area (Å²) in [6.45, 7) is 8.44. The molecule has 1 amide bonds. The van der Waals surface area contributed by atoms with Crippen LogP contribution in [0.25, 0.3) is 0 Å². The Morgan fingerprint density at radius 2 is 2.04 bits per heavy atom. The molecule has 148 valence electrons. The predicted molar refractivity (Wildman–Crippen MR) is 100 cm³/mol. The van der Waals surface area contributed by atoms with Crippen molar-refractivity contribution in [3.8, 4) is 0 Å². The number of ether oxygens (including phenoxy) is 1. The fraction of sp³-hybridized carbons (Fsp3) is 0.778. The lowest BCUT2D eigenvalue weighted by atomic mass is 9.91. The number of aromatic nitrogens is 1. The predicted octanol–water partition coefficient (Wildman–Crippen LogP) is 2.23. The summed E-state index contributed by atoms with van der Waals surface area (Å²) in [6, 6.07) is 1.59. The van der Waals surface area contributed by atoms with Crippen LogP contribution in [0.2, 0.25) is 0 Å². The van der Waals surface area contributed by atoms with Gasteiger partial charge in [-0.25, -0.2) is 0 Å². The monoisotopic (exact) mass is 386 g/mol. The molecule has 0 saturated carbocycles. The second kappa shape index (κ2) is 8.73. The molecular weight excluding hydrogens is 356 g/mol. The van der Waals surface area contributed by atoms with Gasteiger partial charge in [-0.3, -0.25) is 10.1 Å². The van der Waals surface area contributed by atoms with Crippen LogP contribution in [0, 0.1) is 5.92 Å². The lowest BCUT2D eigenvalue weighted by Crippen LogP contribution is -2.46. The van der Waals surface area contributed by atoms with E-state index in [2.05, 4.69) is 10.5 Å². The summed E-state index contributed by atoms with van der Waals surface area (Å²) in [7, 11) is 0. The fourth-order valence-electron chi connectivity index (χ4n) is 2.66. The largest absolute Gasteiger partial charge is 0.616 e. The number of anilines is 1. The first-order chi connectivity index (χ1) is 12.2. The third-order valence-electron chi connectivity index (χ3n) is 5.00. The Balaban J connectivity index is 1.91. The van der Waals surface area contributed by atoms with E-state index in [1.54, 1.807) is 19.9 Å². The lowest BCUT2D eigenvalue weighted by molar-refractivity contribution is -0.118. The zero-order chi connectivity index (χ0) is 19.4. The van der Waals surface area contributed by atoms with Gasteiger partial charge >= 0.3 is 0 Å². The Kier molecular flexibility index (Phi) is 7.12. The molecule has 2 heterocycles. The van der Waals surface area contributed by atoms with E-state index in [0.717, 1.165) is 32.5 Å². The van der Waals surface area contributed by atoms with E-state index in [-0.39, 0.29) is 18.4 Å². The molecule has 1 aromatic rings. The van der Waals surface area contributed by atoms with Crippen molar-refractivity contribution in [1.82, 2.24) is 5.16 Å². The maximum absolute atomic E-state index is 12.7. The van der Waals surface area contributed by atoms with Crippen LogP contribution >= 0.6 is 0 Å². The van der Waals surface area contributed by atoms with E-state index in [0.29, 0.717) is 17.4 Å². The van der Waals surface area contributed by atoms with E-state index in [1.807, 2.05) is 13.8 Å². The van der Waals surface area contributed by atoms with Gasteiger partial charge in [0.25, 0.3) is 5.91 Å². The smallest absolute Gasteiger partial charge is 0.282 e. The quantitative estimate of drug-likeness (QED) is 0.663. The zero-order valence-electron chi connectivity index (χ0n) is 16.0. The van der Waals surface area contributed by atoms with Crippen molar-refractivity contribution in [1.29, 1.82) is 0 Å². The normalized spacial score (nSPS) is 17.9. The van der Waals surface area contributed by atoms with Crippen molar-refractivity contribution in [2.45, 2.75) is 57.1 Å². The molecule has 0 radical (unpaired) electrons. The SMILES string of the molecule is CC(C)(CO)c1cc(NC(=O)C(C)(C)[S+]([O-])CCC2CCOCC2)on1. The second-order valence-electron chi connectivity index (χ2n) is 7.98. The summed E-state index contributed by atoms with van der Waals surface area (Å²) >= 11 is -1.30. The molecule has 1 aromatic heterocycles. The number of carbonyl (C=O) groups excluding carboxylic acids is 1. The molecule has 2 N–H and O–H groups in total. The molecule has 1 fully saturated rings. The summed E-state index contributed by atoms with van der Waals surface area (Å²) in [5.74, 6) is 0.835. The summed E-state index contributed by atoms with van der Waals surface area (Å²) in [5.41, 5.74) is -0.0112. The average molecular weight is 387 g/mol. The van der Waals surface area contributed by atoms with Crippen molar-refractivity contribution < 1.29 is 23.7 Å². The number of hydrogen-bond donors (Lipinski definition) is 2. The number of hydrogen-bond acceptors (Lipinski definition) is 6. The third-order valence-corrected chi connectivity index (χ3v) is 6.93. The van der Waals surface area contributed by atoms with Gasteiger partial charge in [0.15, 0.2) is 4.75 Å². The number of nitrogens with one attached hydrogen (secondary N) is 1. The first-order valence-corrected chi connectivity index (χ1v) is 10.3. The number of aliphatic hydroxyl groups is 1. The summed E-state index contributed by atoms with van der Waals surface area (Å²) in [5, 5.41) is 15.9. The van der Waals surface area contributed by atoms with Crippen LogP contribution in [-0.4, -0.2) is 51.0 Å². The highest BCUT2D eigenvalue weighted by atomic mass is 32.2. The van der Waals surface area contributed by atoms with Crippen LogP contribution in [0.5, 0.6) is 0 Å². The fourth-order valence-corrected chi connectivity index (χ4v) is 3.98. The van der Waals surface area contributed by atoms with Crippen molar-refractivity contribution in [2.24, 2.45) is 5.92 Å². The van der Waals surface area contributed by atoms with Crippen LogP contribution in [0.15, 0.2) is 10.6 Å². The Morgan fingerprint density at radius 3 is 2.65 bits per heavy atom. The van der Waals surface area contributed by atoms with E-state index in [1.165, 1.54) is 0 Å². The summed E-state index contributed by atoms with van der Waals surface area (Å²) < 4.78 is 22.1. The maximum Gasteiger partial charge on any atom is 0.282 e. The molecule has 0 aliphatic carbocycles. The van der Waals surface area contributed by atoms with Gasteiger partial charge in [0.2, 0.25) is 5.88 Å². The third kappa shape index (κ3) is 5.22. The summed E-state index contributed by atoms with van der Waals surface area (Å²) in [6.07, 6.45) is 2.82. The second-order valence-corrected chi connectivity index (χ2v) is 10.1. The topological polar surface area (TPSA) is 108 Å².